The molecule has 0 saturated carbocycles. The molecule has 0 aliphatic rings. The summed E-state index contributed by atoms with van der Waals surface area (Å²) in [5, 5.41) is 5.65. The molecule has 0 bridgehead atoms. The molecule has 0 atom stereocenters. The fourth-order valence-electron chi connectivity index (χ4n) is 1.63. The Bertz CT molecular complexity index is 567. The molecule has 0 aromatic heterocycles. The van der Waals surface area contributed by atoms with Gasteiger partial charge in [-0.15, -0.1) is 0 Å². The molecule has 0 heterocycles. The highest BCUT2D eigenvalue weighted by Crippen LogP contribution is 2.14. The molecule has 0 saturated heterocycles. The number of anilines is 2. The Hall–Kier alpha value is -2.56. The van der Waals surface area contributed by atoms with Crippen LogP contribution in [0.2, 0.25) is 0 Å². The van der Waals surface area contributed by atoms with Gasteiger partial charge in [0.05, 0.1) is 13.7 Å². The van der Waals surface area contributed by atoms with Gasteiger partial charge in [0.15, 0.2) is 0 Å². The van der Waals surface area contributed by atoms with Gasteiger partial charge < -0.3 is 15.4 Å². The maximum atomic E-state index is 12.7. The van der Waals surface area contributed by atoms with E-state index >= 15 is 0 Å². The van der Waals surface area contributed by atoms with Gasteiger partial charge >= 0.3 is 0 Å². The minimum absolute atomic E-state index is 0.129. The van der Waals surface area contributed by atoms with E-state index in [2.05, 4.69) is 10.6 Å². The maximum absolute atomic E-state index is 12.7. The number of methoxy groups -OCH3 is 1. The fraction of sp³-hybridized carbons (Fsp3) is 0.133. The van der Waals surface area contributed by atoms with E-state index in [1.807, 2.05) is 12.1 Å². The van der Waals surface area contributed by atoms with E-state index in [0.717, 1.165) is 11.4 Å². The molecule has 4 nitrogen and oxygen atoms in total. The summed E-state index contributed by atoms with van der Waals surface area (Å²) >= 11 is 0. The topological polar surface area (TPSA) is 50.4 Å². The first-order valence-electron chi connectivity index (χ1n) is 6.11. The SMILES string of the molecule is COc1ccc(NCC(=O)Nc2ccc(F)cc2)cc1. The van der Waals surface area contributed by atoms with Crippen molar-refractivity contribution in [1.29, 1.82) is 0 Å². The predicted molar refractivity (Wildman–Crippen MR) is 76.5 cm³/mol. The summed E-state index contributed by atoms with van der Waals surface area (Å²) in [5.74, 6) is 0.220. The second kappa shape index (κ2) is 6.56. The Labute approximate surface area is 116 Å². The van der Waals surface area contributed by atoms with Crippen molar-refractivity contribution >= 4 is 17.3 Å². The van der Waals surface area contributed by atoms with Gasteiger partial charge in [0, 0.05) is 11.4 Å². The second-order valence-electron chi connectivity index (χ2n) is 4.14. The molecule has 2 aromatic rings. The van der Waals surface area contributed by atoms with Crippen LogP contribution in [0.1, 0.15) is 0 Å². The summed E-state index contributed by atoms with van der Waals surface area (Å²) in [5.41, 5.74) is 1.38. The minimum Gasteiger partial charge on any atom is -0.497 e. The molecule has 0 radical (unpaired) electrons. The molecule has 1 amide bonds. The van der Waals surface area contributed by atoms with Gasteiger partial charge in [-0.25, -0.2) is 4.39 Å². The molecule has 104 valence electrons. The second-order valence-corrected chi connectivity index (χ2v) is 4.14. The third kappa shape index (κ3) is 3.98. The molecule has 2 N–H and O–H groups in total. The highest BCUT2D eigenvalue weighted by molar-refractivity contribution is 5.93. The van der Waals surface area contributed by atoms with E-state index in [-0.39, 0.29) is 18.3 Å². The number of amides is 1. The largest absolute Gasteiger partial charge is 0.497 e. The normalized spacial score (nSPS) is 9.90. The smallest absolute Gasteiger partial charge is 0.243 e. The Morgan fingerprint density at radius 2 is 1.65 bits per heavy atom. The summed E-state index contributed by atoms with van der Waals surface area (Å²) in [4.78, 5) is 11.7. The van der Waals surface area contributed by atoms with E-state index < -0.39 is 0 Å². The summed E-state index contributed by atoms with van der Waals surface area (Å²) in [6.45, 7) is 0.129. The summed E-state index contributed by atoms with van der Waals surface area (Å²) in [7, 11) is 1.60. The lowest BCUT2D eigenvalue weighted by Crippen LogP contribution is -2.21. The molecule has 2 aromatic carbocycles. The van der Waals surface area contributed by atoms with Crippen LogP contribution >= 0.6 is 0 Å². The third-order valence-corrected chi connectivity index (χ3v) is 2.67. The standard InChI is InChI=1S/C15H15FN2O2/c1-20-14-8-6-12(7-9-14)17-10-15(19)18-13-4-2-11(16)3-5-13/h2-9,17H,10H2,1H3,(H,18,19). The summed E-state index contributed by atoms with van der Waals surface area (Å²) in [6.07, 6.45) is 0. The Balaban J connectivity index is 1.83. The van der Waals surface area contributed by atoms with Crippen molar-refractivity contribution in [3.05, 3.63) is 54.3 Å². The lowest BCUT2D eigenvalue weighted by atomic mass is 10.3. The number of carbonyl (C=O) groups is 1. The monoisotopic (exact) mass is 274 g/mol. The highest BCUT2D eigenvalue weighted by atomic mass is 19.1. The molecule has 0 aliphatic heterocycles. The van der Waals surface area contributed by atoms with Crippen molar-refractivity contribution in [1.82, 2.24) is 0 Å². The van der Waals surface area contributed by atoms with E-state index in [0.29, 0.717) is 5.69 Å². The van der Waals surface area contributed by atoms with Crippen LogP contribution in [-0.2, 0) is 4.79 Å². The van der Waals surface area contributed by atoms with Gasteiger partial charge in [0.2, 0.25) is 5.91 Å². The van der Waals surface area contributed by atoms with Crippen molar-refractivity contribution < 1.29 is 13.9 Å². The zero-order valence-electron chi connectivity index (χ0n) is 11.0. The van der Waals surface area contributed by atoms with Crippen LogP contribution in [0, 0.1) is 5.82 Å². The molecule has 0 spiro atoms. The average Bonchev–Trinajstić information content (AvgIpc) is 2.48. The van der Waals surface area contributed by atoms with Crippen molar-refractivity contribution in [3.8, 4) is 5.75 Å². The van der Waals surface area contributed by atoms with Gasteiger partial charge in [-0.3, -0.25) is 4.79 Å². The maximum Gasteiger partial charge on any atom is 0.243 e. The number of hydrogen-bond donors (Lipinski definition) is 2. The number of rotatable bonds is 5. The molecular formula is C15H15FN2O2. The lowest BCUT2D eigenvalue weighted by molar-refractivity contribution is -0.114. The van der Waals surface area contributed by atoms with E-state index in [9.17, 15) is 9.18 Å². The number of ether oxygens (including phenoxy) is 1. The molecule has 0 unspecified atom stereocenters. The zero-order chi connectivity index (χ0) is 14.4. The van der Waals surface area contributed by atoms with E-state index in [1.54, 1.807) is 19.2 Å². The minimum atomic E-state index is -0.334. The Kier molecular flexibility index (Phi) is 4.55. The summed E-state index contributed by atoms with van der Waals surface area (Å²) < 4.78 is 17.8. The molecule has 0 fully saturated rings. The van der Waals surface area contributed by atoms with Gasteiger partial charge in [0.1, 0.15) is 11.6 Å². The van der Waals surface area contributed by atoms with Crippen LogP contribution in [-0.4, -0.2) is 19.6 Å². The van der Waals surface area contributed by atoms with Gasteiger partial charge in [-0.2, -0.15) is 0 Å². The number of hydrogen-bond acceptors (Lipinski definition) is 3. The molecule has 2 rings (SSSR count). The quantitative estimate of drug-likeness (QED) is 0.881. The van der Waals surface area contributed by atoms with Crippen LogP contribution < -0.4 is 15.4 Å². The Morgan fingerprint density at radius 1 is 1.05 bits per heavy atom. The van der Waals surface area contributed by atoms with Crippen molar-refractivity contribution in [2.24, 2.45) is 0 Å². The first-order valence-corrected chi connectivity index (χ1v) is 6.11. The van der Waals surface area contributed by atoms with Crippen LogP contribution in [0.4, 0.5) is 15.8 Å². The van der Waals surface area contributed by atoms with Crippen LogP contribution in [0.3, 0.4) is 0 Å². The van der Waals surface area contributed by atoms with E-state index in [1.165, 1.54) is 24.3 Å². The van der Waals surface area contributed by atoms with Gasteiger partial charge in [0.25, 0.3) is 0 Å². The van der Waals surface area contributed by atoms with Crippen molar-refractivity contribution in [3.63, 3.8) is 0 Å². The lowest BCUT2D eigenvalue weighted by Gasteiger charge is -2.08. The number of carbonyl (C=O) groups excluding carboxylic acids is 1. The number of benzene rings is 2. The average molecular weight is 274 g/mol. The predicted octanol–water partition coefficient (Wildman–Crippen LogP) is 2.88. The van der Waals surface area contributed by atoms with Crippen LogP contribution in [0.15, 0.2) is 48.5 Å². The van der Waals surface area contributed by atoms with Gasteiger partial charge in [-0.1, -0.05) is 0 Å². The van der Waals surface area contributed by atoms with Crippen LogP contribution in [0.5, 0.6) is 5.75 Å². The van der Waals surface area contributed by atoms with Crippen molar-refractivity contribution in [2.45, 2.75) is 0 Å². The van der Waals surface area contributed by atoms with Gasteiger partial charge in [-0.05, 0) is 48.5 Å². The number of nitrogens with one attached hydrogen (secondary N) is 2. The number of halogens is 1. The first kappa shape index (κ1) is 13.9. The third-order valence-electron chi connectivity index (χ3n) is 2.67. The highest BCUT2D eigenvalue weighted by Gasteiger charge is 2.02. The molecule has 20 heavy (non-hydrogen) atoms. The summed E-state index contributed by atoms with van der Waals surface area (Å²) in [6, 6.07) is 12.9. The van der Waals surface area contributed by atoms with E-state index in [4.69, 9.17) is 4.74 Å². The Morgan fingerprint density at radius 3 is 2.25 bits per heavy atom. The fourth-order valence-corrected chi connectivity index (χ4v) is 1.63. The zero-order valence-corrected chi connectivity index (χ0v) is 11.0. The molecule has 0 aliphatic carbocycles. The molecule has 5 heteroatoms. The van der Waals surface area contributed by atoms with Crippen molar-refractivity contribution in [2.75, 3.05) is 24.3 Å². The van der Waals surface area contributed by atoms with Crippen LogP contribution in [0.25, 0.3) is 0 Å². The first-order chi connectivity index (χ1) is 9.67. The molecular weight excluding hydrogens is 259 g/mol.